The average Bonchev–Trinajstić information content (AvgIpc) is 2.27. The van der Waals surface area contributed by atoms with E-state index in [1.54, 1.807) is 6.92 Å². The predicted molar refractivity (Wildman–Crippen MR) is 54.3 cm³/mol. The van der Waals surface area contributed by atoms with E-state index < -0.39 is 0 Å². The molecule has 1 rings (SSSR count). The van der Waals surface area contributed by atoms with Crippen LogP contribution in [0, 0.1) is 0 Å². The Morgan fingerprint density at radius 3 is 2.53 bits per heavy atom. The molecule has 0 aliphatic rings. The Balaban J connectivity index is 3.18. The van der Waals surface area contributed by atoms with Gasteiger partial charge < -0.3 is 9.47 Å². The van der Waals surface area contributed by atoms with E-state index in [1.165, 1.54) is 20.4 Å². The Hall–Kier alpha value is -1.91. The van der Waals surface area contributed by atoms with Crippen LogP contribution in [0.15, 0.2) is 18.3 Å². The van der Waals surface area contributed by atoms with Crippen molar-refractivity contribution in [2.75, 3.05) is 14.2 Å². The molecule has 0 saturated carbocycles. The first-order valence-electron chi connectivity index (χ1n) is 4.25. The molecule has 15 heavy (non-hydrogen) atoms. The highest BCUT2D eigenvalue weighted by Crippen LogP contribution is 2.18. The molecule has 0 aliphatic carbocycles. The lowest BCUT2D eigenvalue weighted by Gasteiger charge is -2.06. The molecule has 0 bridgehead atoms. The largest absolute Gasteiger partial charge is 0.480 e. The van der Waals surface area contributed by atoms with Crippen LogP contribution in [-0.4, -0.2) is 30.0 Å². The van der Waals surface area contributed by atoms with Crippen LogP contribution in [0.25, 0.3) is 0 Å². The molecule has 0 radical (unpaired) electrons. The van der Waals surface area contributed by atoms with Gasteiger partial charge in [0, 0.05) is 0 Å². The van der Waals surface area contributed by atoms with Gasteiger partial charge in [-0.2, -0.15) is 4.98 Å². The molecule has 0 amide bonds. The number of hydrogen-bond acceptors (Lipinski definition) is 5. The Kier molecular flexibility index (Phi) is 3.38. The molecule has 0 atom stereocenters. The minimum Gasteiger partial charge on any atom is -0.480 e. The van der Waals surface area contributed by atoms with Crippen LogP contribution >= 0.6 is 0 Å². The minimum absolute atomic E-state index is 0.141. The fraction of sp³-hybridized carbons (Fsp3) is 0.300. The van der Waals surface area contributed by atoms with E-state index in [0.29, 0.717) is 11.5 Å². The summed E-state index contributed by atoms with van der Waals surface area (Å²) < 4.78 is 9.81. The van der Waals surface area contributed by atoms with E-state index in [0.717, 1.165) is 0 Å². The highest BCUT2D eigenvalue weighted by Gasteiger charge is 2.16. The topological polar surface area (TPSA) is 61.3 Å². The molecule has 1 aromatic heterocycles. The number of methoxy groups -OCH3 is 2. The molecule has 80 valence electrons. The van der Waals surface area contributed by atoms with E-state index in [2.05, 4.69) is 16.5 Å². The van der Waals surface area contributed by atoms with Crippen molar-refractivity contribution < 1.29 is 14.3 Å². The summed E-state index contributed by atoms with van der Waals surface area (Å²) in [5.41, 5.74) is 0.526. The quantitative estimate of drug-likeness (QED) is 0.550. The van der Waals surface area contributed by atoms with Gasteiger partial charge in [-0.3, -0.25) is 4.79 Å². The van der Waals surface area contributed by atoms with Gasteiger partial charge in [-0.1, -0.05) is 6.58 Å². The lowest BCUT2D eigenvalue weighted by atomic mass is 10.1. The van der Waals surface area contributed by atoms with Gasteiger partial charge in [-0.25, -0.2) is 4.98 Å². The van der Waals surface area contributed by atoms with Gasteiger partial charge in [-0.15, -0.1) is 0 Å². The van der Waals surface area contributed by atoms with Crippen LogP contribution in [0.2, 0.25) is 0 Å². The summed E-state index contributed by atoms with van der Waals surface area (Å²) in [5, 5.41) is 0. The van der Waals surface area contributed by atoms with Crippen molar-refractivity contribution in [3.05, 3.63) is 24.0 Å². The maximum atomic E-state index is 11.6. The Labute approximate surface area is 87.8 Å². The van der Waals surface area contributed by atoms with Crippen molar-refractivity contribution in [3.63, 3.8) is 0 Å². The van der Waals surface area contributed by atoms with Crippen LogP contribution in [0.1, 0.15) is 17.4 Å². The van der Waals surface area contributed by atoms with Gasteiger partial charge in [0.25, 0.3) is 0 Å². The SMILES string of the molecule is C=C(C)C(=O)c1ncc(OC)nc1OC. The number of carbonyl (C=O) groups is 1. The third kappa shape index (κ3) is 2.31. The molecule has 5 nitrogen and oxygen atoms in total. The van der Waals surface area contributed by atoms with E-state index in [-0.39, 0.29) is 17.4 Å². The van der Waals surface area contributed by atoms with Gasteiger partial charge in [0.05, 0.1) is 20.4 Å². The third-order valence-corrected chi connectivity index (χ3v) is 1.72. The molecular formula is C10H12N2O3. The molecule has 0 aliphatic heterocycles. The summed E-state index contributed by atoms with van der Waals surface area (Å²) in [6.45, 7) is 5.15. The minimum atomic E-state index is -0.290. The third-order valence-electron chi connectivity index (χ3n) is 1.72. The Morgan fingerprint density at radius 1 is 1.40 bits per heavy atom. The molecule has 1 heterocycles. The van der Waals surface area contributed by atoms with Crippen molar-refractivity contribution >= 4 is 5.78 Å². The lowest BCUT2D eigenvalue weighted by Crippen LogP contribution is -2.07. The van der Waals surface area contributed by atoms with Crippen LogP contribution in [0.5, 0.6) is 11.8 Å². The average molecular weight is 208 g/mol. The molecule has 0 spiro atoms. The van der Waals surface area contributed by atoms with Gasteiger partial charge in [-0.05, 0) is 12.5 Å². The summed E-state index contributed by atoms with van der Waals surface area (Å²) >= 11 is 0. The zero-order chi connectivity index (χ0) is 11.4. The zero-order valence-electron chi connectivity index (χ0n) is 8.90. The summed E-state index contributed by atoms with van der Waals surface area (Å²) in [6.07, 6.45) is 1.36. The first-order valence-corrected chi connectivity index (χ1v) is 4.25. The highest BCUT2D eigenvalue weighted by atomic mass is 16.5. The van der Waals surface area contributed by atoms with Gasteiger partial charge in [0.15, 0.2) is 5.69 Å². The number of rotatable bonds is 4. The van der Waals surface area contributed by atoms with Crippen molar-refractivity contribution in [1.29, 1.82) is 0 Å². The summed E-state index contributed by atoms with van der Waals surface area (Å²) in [5.74, 6) is 0.148. The number of allylic oxidation sites excluding steroid dienone is 1. The van der Waals surface area contributed by atoms with Crippen molar-refractivity contribution in [2.45, 2.75) is 6.92 Å². The molecular weight excluding hydrogens is 196 g/mol. The normalized spacial score (nSPS) is 9.53. The van der Waals surface area contributed by atoms with E-state index in [1.807, 2.05) is 0 Å². The van der Waals surface area contributed by atoms with Crippen molar-refractivity contribution in [1.82, 2.24) is 9.97 Å². The molecule has 1 aromatic rings. The number of hydrogen-bond donors (Lipinski definition) is 0. The zero-order valence-corrected chi connectivity index (χ0v) is 8.90. The van der Waals surface area contributed by atoms with E-state index in [9.17, 15) is 4.79 Å². The lowest BCUT2D eigenvalue weighted by molar-refractivity contribution is 0.102. The van der Waals surface area contributed by atoms with Crippen molar-refractivity contribution in [3.8, 4) is 11.8 Å². The number of ketones is 1. The maximum absolute atomic E-state index is 11.6. The second-order valence-corrected chi connectivity index (χ2v) is 2.88. The number of aromatic nitrogens is 2. The monoisotopic (exact) mass is 208 g/mol. The first-order chi connectivity index (χ1) is 7.10. The molecule has 0 aromatic carbocycles. The molecule has 0 fully saturated rings. The van der Waals surface area contributed by atoms with Crippen LogP contribution < -0.4 is 9.47 Å². The number of Topliss-reactive ketones (excluding diaryl/α,β-unsaturated/α-hetero) is 1. The van der Waals surface area contributed by atoms with Crippen molar-refractivity contribution in [2.24, 2.45) is 0 Å². The smallest absolute Gasteiger partial charge is 0.247 e. The molecule has 0 unspecified atom stereocenters. The van der Waals surface area contributed by atoms with Crippen LogP contribution in [0.3, 0.4) is 0 Å². The summed E-state index contributed by atoms with van der Waals surface area (Å²) in [6, 6.07) is 0. The Bertz CT molecular complexity index is 402. The van der Waals surface area contributed by atoms with E-state index in [4.69, 9.17) is 9.47 Å². The summed E-state index contributed by atoms with van der Waals surface area (Å²) in [4.78, 5) is 19.5. The number of ether oxygens (including phenoxy) is 2. The second kappa shape index (κ2) is 4.54. The van der Waals surface area contributed by atoms with Crippen LogP contribution in [0.4, 0.5) is 0 Å². The molecule has 5 heteroatoms. The van der Waals surface area contributed by atoms with E-state index >= 15 is 0 Å². The fourth-order valence-corrected chi connectivity index (χ4v) is 0.955. The fourth-order valence-electron chi connectivity index (χ4n) is 0.955. The van der Waals surface area contributed by atoms with Crippen LogP contribution in [-0.2, 0) is 0 Å². The first kappa shape index (κ1) is 11.2. The van der Waals surface area contributed by atoms with Gasteiger partial charge in [0.2, 0.25) is 17.5 Å². The highest BCUT2D eigenvalue weighted by molar-refractivity contribution is 6.07. The van der Waals surface area contributed by atoms with Gasteiger partial charge in [0.1, 0.15) is 0 Å². The Morgan fingerprint density at radius 2 is 2.07 bits per heavy atom. The molecule has 0 N–H and O–H groups in total. The summed E-state index contributed by atoms with van der Waals surface area (Å²) in [7, 11) is 2.88. The standard InChI is InChI=1S/C10H12N2O3/c1-6(2)9(13)8-10(15-4)12-7(14-3)5-11-8/h5H,1H2,2-4H3. The maximum Gasteiger partial charge on any atom is 0.247 e. The number of carbonyl (C=O) groups excluding carboxylic acids is 1. The molecule has 0 saturated heterocycles. The predicted octanol–water partition coefficient (Wildman–Crippen LogP) is 1.25. The number of nitrogens with zero attached hydrogens (tertiary/aromatic N) is 2. The van der Waals surface area contributed by atoms with Gasteiger partial charge >= 0.3 is 0 Å². The second-order valence-electron chi connectivity index (χ2n) is 2.88.